The maximum atomic E-state index is 13.4. The smallest absolute Gasteiger partial charge is 0.281 e. The predicted octanol–water partition coefficient (Wildman–Crippen LogP) is 5.07. The molecule has 0 aromatic heterocycles. The SMILES string of the molecule is CCOc1ccc(N2C(=O)/C(=C\c3ccccc3OCc3cccc(F)c3)NC2=S)cc1. The fourth-order valence-electron chi connectivity index (χ4n) is 3.30. The largest absolute Gasteiger partial charge is 0.494 e. The molecule has 0 spiro atoms. The summed E-state index contributed by atoms with van der Waals surface area (Å²) >= 11 is 5.39. The Balaban J connectivity index is 1.54. The molecule has 7 heteroatoms. The Morgan fingerprint density at radius 2 is 1.81 bits per heavy atom. The fraction of sp³-hybridized carbons (Fsp3) is 0.120. The Kier molecular flexibility index (Phi) is 6.47. The van der Waals surface area contributed by atoms with Crippen molar-refractivity contribution in [3.8, 4) is 11.5 Å². The van der Waals surface area contributed by atoms with Crippen molar-refractivity contribution in [2.24, 2.45) is 0 Å². The summed E-state index contributed by atoms with van der Waals surface area (Å²) < 4.78 is 24.8. The molecule has 0 saturated carbocycles. The van der Waals surface area contributed by atoms with Crippen LogP contribution in [0.2, 0.25) is 0 Å². The second-order valence-corrected chi connectivity index (χ2v) is 7.40. The highest BCUT2D eigenvalue weighted by Crippen LogP contribution is 2.27. The zero-order valence-corrected chi connectivity index (χ0v) is 18.2. The van der Waals surface area contributed by atoms with Crippen LogP contribution in [0.1, 0.15) is 18.1 Å². The Morgan fingerprint density at radius 1 is 1.03 bits per heavy atom. The van der Waals surface area contributed by atoms with Gasteiger partial charge in [-0.1, -0.05) is 30.3 Å². The van der Waals surface area contributed by atoms with Crippen molar-refractivity contribution >= 4 is 35.0 Å². The van der Waals surface area contributed by atoms with Crippen molar-refractivity contribution in [2.75, 3.05) is 11.5 Å². The fourth-order valence-corrected chi connectivity index (χ4v) is 3.60. The average Bonchev–Trinajstić information content (AvgIpc) is 3.07. The van der Waals surface area contributed by atoms with Crippen LogP contribution in [0, 0.1) is 5.82 Å². The first kappa shape index (κ1) is 21.5. The van der Waals surface area contributed by atoms with Crippen molar-refractivity contribution < 1.29 is 18.7 Å². The third kappa shape index (κ3) is 4.78. The first-order chi connectivity index (χ1) is 15.5. The molecule has 32 heavy (non-hydrogen) atoms. The number of benzene rings is 3. The van der Waals surface area contributed by atoms with Crippen molar-refractivity contribution in [3.63, 3.8) is 0 Å². The van der Waals surface area contributed by atoms with E-state index in [4.69, 9.17) is 21.7 Å². The minimum atomic E-state index is -0.315. The molecular weight excluding hydrogens is 427 g/mol. The first-order valence-corrected chi connectivity index (χ1v) is 10.5. The molecule has 0 bridgehead atoms. The van der Waals surface area contributed by atoms with E-state index in [1.165, 1.54) is 17.0 Å². The van der Waals surface area contributed by atoms with E-state index in [0.29, 0.717) is 40.0 Å². The summed E-state index contributed by atoms with van der Waals surface area (Å²) in [6.07, 6.45) is 1.70. The second kappa shape index (κ2) is 9.62. The number of carbonyl (C=O) groups excluding carboxylic acids is 1. The molecule has 5 nitrogen and oxygen atoms in total. The number of amides is 1. The number of carbonyl (C=O) groups is 1. The van der Waals surface area contributed by atoms with E-state index in [0.717, 1.165) is 5.75 Å². The van der Waals surface area contributed by atoms with Crippen LogP contribution in [0.15, 0.2) is 78.5 Å². The van der Waals surface area contributed by atoms with E-state index < -0.39 is 0 Å². The molecule has 162 valence electrons. The highest BCUT2D eigenvalue weighted by Gasteiger charge is 2.32. The zero-order chi connectivity index (χ0) is 22.5. The van der Waals surface area contributed by atoms with Crippen molar-refractivity contribution in [1.82, 2.24) is 5.32 Å². The molecule has 1 N–H and O–H groups in total. The molecule has 1 saturated heterocycles. The minimum Gasteiger partial charge on any atom is -0.494 e. The first-order valence-electron chi connectivity index (χ1n) is 10.1. The lowest BCUT2D eigenvalue weighted by Crippen LogP contribution is -2.30. The number of hydrogen-bond acceptors (Lipinski definition) is 4. The van der Waals surface area contributed by atoms with Crippen molar-refractivity contribution in [1.29, 1.82) is 0 Å². The monoisotopic (exact) mass is 448 g/mol. The quantitative estimate of drug-likeness (QED) is 0.404. The Labute approximate surface area is 191 Å². The number of anilines is 1. The minimum absolute atomic E-state index is 0.204. The van der Waals surface area contributed by atoms with Crippen LogP contribution in [0.3, 0.4) is 0 Å². The molecule has 3 aromatic rings. The molecule has 1 heterocycles. The number of hydrogen-bond donors (Lipinski definition) is 1. The van der Waals surface area contributed by atoms with Crippen molar-refractivity contribution in [3.05, 3.63) is 95.4 Å². The molecule has 1 fully saturated rings. The van der Waals surface area contributed by atoms with Gasteiger partial charge < -0.3 is 14.8 Å². The third-order valence-electron chi connectivity index (χ3n) is 4.79. The molecular formula is C25H21FN2O3S. The number of nitrogens with one attached hydrogen (secondary N) is 1. The van der Waals surface area contributed by atoms with Crippen LogP contribution in [0.25, 0.3) is 6.08 Å². The van der Waals surface area contributed by atoms with Gasteiger partial charge in [-0.2, -0.15) is 0 Å². The number of nitrogens with zero attached hydrogens (tertiary/aromatic N) is 1. The van der Waals surface area contributed by atoms with Gasteiger partial charge in [0.1, 0.15) is 29.6 Å². The van der Waals surface area contributed by atoms with Gasteiger partial charge in [0.2, 0.25) is 0 Å². The second-order valence-electron chi connectivity index (χ2n) is 7.01. The van der Waals surface area contributed by atoms with Crippen molar-refractivity contribution in [2.45, 2.75) is 13.5 Å². The van der Waals surface area contributed by atoms with Gasteiger partial charge >= 0.3 is 0 Å². The van der Waals surface area contributed by atoms with Gasteiger partial charge in [0, 0.05) is 5.56 Å². The van der Waals surface area contributed by atoms with Crippen LogP contribution in [0.5, 0.6) is 11.5 Å². The van der Waals surface area contributed by atoms with E-state index in [1.807, 2.05) is 25.1 Å². The van der Waals surface area contributed by atoms with Crippen LogP contribution in [-0.4, -0.2) is 17.6 Å². The van der Waals surface area contributed by atoms with Gasteiger partial charge in [-0.25, -0.2) is 4.39 Å². The number of ether oxygens (including phenoxy) is 2. The molecule has 1 amide bonds. The molecule has 0 radical (unpaired) electrons. The van der Waals surface area contributed by atoms with Crippen LogP contribution in [-0.2, 0) is 11.4 Å². The highest BCUT2D eigenvalue weighted by atomic mass is 32.1. The summed E-state index contributed by atoms with van der Waals surface area (Å²) in [5, 5.41) is 3.28. The standard InChI is InChI=1S/C25H21FN2O3S/c1-2-30-21-12-10-20(11-13-21)28-24(29)22(27-25(28)32)15-18-7-3-4-9-23(18)31-16-17-6-5-8-19(26)14-17/h3-15H,2,16H2,1H3,(H,27,32)/b22-15+. The molecule has 0 unspecified atom stereocenters. The average molecular weight is 449 g/mol. The van der Waals surface area contributed by atoms with Gasteiger partial charge in [-0.3, -0.25) is 9.69 Å². The molecule has 0 aliphatic carbocycles. The number of thiocarbonyl (C=S) groups is 1. The van der Waals surface area contributed by atoms with Crippen LogP contribution < -0.4 is 19.7 Å². The normalized spacial score (nSPS) is 14.6. The summed E-state index contributed by atoms with van der Waals surface area (Å²) in [5.74, 6) is 0.718. The van der Waals surface area contributed by atoms with Crippen LogP contribution >= 0.6 is 12.2 Å². The molecule has 0 atom stereocenters. The van der Waals surface area contributed by atoms with Crippen LogP contribution in [0.4, 0.5) is 10.1 Å². The zero-order valence-electron chi connectivity index (χ0n) is 17.4. The lowest BCUT2D eigenvalue weighted by molar-refractivity contribution is -0.113. The summed E-state index contributed by atoms with van der Waals surface area (Å²) in [6.45, 7) is 2.68. The number of halogens is 1. The number of rotatable bonds is 7. The molecule has 1 aliphatic rings. The maximum Gasteiger partial charge on any atom is 0.281 e. The summed E-state index contributed by atoms with van der Waals surface area (Å²) in [7, 11) is 0. The number of para-hydroxylation sites is 1. The van der Waals surface area contributed by atoms with Gasteiger partial charge in [0.25, 0.3) is 5.91 Å². The van der Waals surface area contributed by atoms with Gasteiger partial charge in [-0.05, 0) is 73.2 Å². The lowest BCUT2D eigenvalue weighted by Gasteiger charge is -2.14. The molecule has 3 aromatic carbocycles. The third-order valence-corrected chi connectivity index (χ3v) is 5.07. The Hall–Kier alpha value is -3.71. The van der Waals surface area contributed by atoms with E-state index in [2.05, 4.69) is 5.32 Å². The maximum absolute atomic E-state index is 13.4. The molecule has 4 rings (SSSR count). The van der Waals surface area contributed by atoms with Gasteiger partial charge in [-0.15, -0.1) is 0 Å². The predicted molar refractivity (Wildman–Crippen MR) is 126 cm³/mol. The summed E-state index contributed by atoms with van der Waals surface area (Å²) in [4.78, 5) is 14.5. The lowest BCUT2D eigenvalue weighted by atomic mass is 10.1. The van der Waals surface area contributed by atoms with E-state index in [1.54, 1.807) is 48.5 Å². The van der Waals surface area contributed by atoms with Gasteiger partial charge in [0.15, 0.2) is 5.11 Å². The summed E-state index contributed by atoms with van der Waals surface area (Å²) in [5.41, 5.74) is 2.40. The van der Waals surface area contributed by atoms with E-state index >= 15 is 0 Å². The Bertz CT molecular complexity index is 1180. The highest BCUT2D eigenvalue weighted by molar-refractivity contribution is 7.80. The Morgan fingerprint density at radius 3 is 2.56 bits per heavy atom. The van der Waals surface area contributed by atoms with E-state index in [9.17, 15) is 9.18 Å². The molecule has 1 aliphatic heterocycles. The van der Waals surface area contributed by atoms with E-state index in [-0.39, 0.29) is 18.3 Å². The topological polar surface area (TPSA) is 50.8 Å². The van der Waals surface area contributed by atoms with Gasteiger partial charge in [0.05, 0.1) is 12.3 Å². The summed E-state index contributed by atoms with van der Waals surface area (Å²) in [6, 6.07) is 20.7.